The number of benzene rings is 3. The summed E-state index contributed by atoms with van der Waals surface area (Å²) in [5.74, 6) is -0.511. The summed E-state index contributed by atoms with van der Waals surface area (Å²) >= 11 is 0. The van der Waals surface area contributed by atoms with Crippen LogP contribution in [0.4, 0.5) is 24.5 Å². The van der Waals surface area contributed by atoms with E-state index >= 15 is 0 Å². The summed E-state index contributed by atoms with van der Waals surface area (Å²) in [6, 6.07) is 18.6. The molecular formula is C31H30F3N3O3. The van der Waals surface area contributed by atoms with Crippen LogP contribution in [0.3, 0.4) is 0 Å². The third-order valence-electron chi connectivity index (χ3n) is 7.69. The van der Waals surface area contributed by atoms with Gasteiger partial charge in [-0.1, -0.05) is 36.4 Å². The van der Waals surface area contributed by atoms with Gasteiger partial charge in [0.25, 0.3) is 0 Å². The van der Waals surface area contributed by atoms with Gasteiger partial charge in [-0.05, 0) is 65.9 Å². The Bertz CT molecular complexity index is 1400. The summed E-state index contributed by atoms with van der Waals surface area (Å²) in [7, 11) is 1.66. The molecule has 0 aromatic heterocycles. The molecule has 208 valence electrons. The van der Waals surface area contributed by atoms with Gasteiger partial charge in [0, 0.05) is 44.4 Å². The van der Waals surface area contributed by atoms with E-state index < -0.39 is 17.8 Å². The van der Waals surface area contributed by atoms with Crippen molar-refractivity contribution in [1.82, 2.24) is 4.90 Å². The molecule has 0 spiro atoms. The molecule has 2 heterocycles. The molecule has 2 aliphatic heterocycles. The lowest BCUT2D eigenvalue weighted by Gasteiger charge is -2.38. The van der Waals surface area contributed by atoms with E-state index in [1.54, 1.807) is 24.1 Å². The molecule has 6 nitrogen and oxygen atoms in total. The van der Waals surface area contributed by atoms with Gasteiger partial charge in [0.15, 0.2) is 0 Å². The molecular weight excluding hydrogens is 519 g/mol. The number of likely N-dealkylation sites (N-methyl/N-ethyl adjacent to an activating group) is 1. The van der Waals surface area contributed by atoms with E-state index in [9.17, 15) is 27.6 Å². The zero-order valence-corrected chi connectivity index (χ0v) is 22.2. The van der Waals surface area contributed by atoms with Gasteiger partial charge in [-0.15, -0.1) is 0 Å². The van der Waals surface area contributed by atoms with Gasteiger partial charge in [0.1, 0.15) is 6.04 Å². The van der Waals surface area contributed by atoms with E-state index in [1.165, 1.54) is 21.9 Å². The first-order valence-corrected chi connectivity index (χ1v) is 13.3. The number of hydrogen-bond acceptors (Lipinski definition) is 3. The molecule has 0 aliphatic carbocycles. The Labute approximate surface area is 231 Å². The number of nitrogens with zero attached hydrogens (tertiary/aromatic N) is 3. The Morgan fingerprint density at radius 1 is 0.925 bits per heavy atom. The molecule has 40 heavy (non-hydrogen) atoms. The molecule has 3 aromatic carbocycles. The summed E-state index contributed by atoms with van der Waals surface area (Å²) in [6.45, 7) is 0.903. The largest absolute Gasteiger partial charge is 0.416 e. The Morgan fingerprint density at radius 3 is 2.25 bits per heavy atom. The number of alkyl halides is 3. The van der Waals surface area contributed by atoms with E-state index in [2.05, 4.69) is 0 Å². The molecule has 0 bridgehead atoms. The van der Waals surface area contributed by atoms with Crippen LogP contribution in [0.1, 0.15) is 41.5 Å². The molecule has 1 fully saturated rings. The lowest BCUT2D eigenvalue weighted by Crippen LogP contribution is -2.53. The Hall–Kier alpha value is -4.14. The highest BCUT2D eigenvalue weighted by Crippen LogP contribution is 2.31. The predicted molar refractivity (Wildman–Crippen MR) is 146 cm³/mol. The third-order valence-corrected chi connectivity index (χ3v) is 7.69. The van der Waals surface area contributed by atoms with Crippen LogP contribution in [0, 0.1) is 0 Å². The van der Waals surface area contributed by atoms with E-state index in [-0.39, 0.29) is 30.7 Å². The monoisotopic (exact) mass is 549 g/mol. The second kappa shape index (κ2) is 11.2. The molecule has 2 aliphatic rings. The fourth-order valence-electron chi connectivity index (χ4n) is 5.38. The van der Waals surface area contributed by atoms with E-state index in [0.717, 1.165) is 41.8 Å². The van der Waals surface area contributed by atoms with Crippen LogP contribution in [0.25, 0.3) is 0 Å². The number of piperidine rings is 1. The SMILES string of the molecule is CN(C(=O)[C@H]1Cc2ccccc2CN1C(=O)Cc1ccc(C(F)(F)F)cc1)c1ccc(N2CCCCC2=O)cc1. The summed E-state index contributed by atoms with van der Waals surface area (Å²) in [4.78, 5) is 44.4. The number of rotatable bonds is 5. The molecule has 1 saturated heterocycles. The minimum atomic E-state index is -4.46. The first-order chi connectivity index (χ1) is 19.1. The number of halogens is 3. The van der Waals surface area contributed by atoms with Gasteiger partial charge in [0.2, 0.25) is 17.7 Å². The number of carbonyl (C=O) groups is 3. The quantitative estimate of drug-likeness (QED) is 0.429. The molecule has 0 saturated carbocycles. The average Bonchev–Trinajstić information content (AvgIpc) is 2.96. The van der Waals surface area contributed by atoms with Crippen LogP contribution in [-0.2, 0) is 39.9 Å². The summed E-state index contributed by atoms with van der Waals surface area (Å²) < 4.78 is 38.9. The second-order valence-electron chi connectivity index (χ2n) is 10.3. The molecule has 3 aromatic rings. The van der Waals surface area contributed by atoms with Crippen molar-refractivity contribution in [3.63, 3.8) is 0 Å². The fraction of sp³-hybridized carbons (Fsp3) is 0.323. The number of fused-ring (bicyclic) bond motifs is 1. The first kappa shape index (κ1) is 27.4. The van der Waals surface area contributed by atoms with Crippen molar-refractivity contribution in [2.75, 3.05) is 23.4 Å². The lowest BCUT2D eigenvalue weighted by molar-refractivity contribution is -0.140. The van der Waals surface area contributed by atoms with E-state index in [0.29, 0.717) is 30.6 Å². The van der Waals surface area contributed by atoms with Crippen LogP contribution < -0.4 is 9.80 Å². The van der Waals surface area contributed by atoms with Crippen LogP contribution in [0.15, 0.2) is 72.8 Å². The molecule has 3 amide bonds. The molecule has 1 atom stereocenters. The molecule has 5 rings (SSSR count). The van der Waals surface area contributed by atoms with Gasteiger partial charge < -0.3 is 14.7 Å². The zero-order chi connectivity index (χ0) is 28.4. The Morgan fingerprint density at radius 2 is 1.60 bits per heavy atom. The standard InChI is InChI=1S/C31H30F3N3O3/c1-35(25-13-15-26(16-14-25)36-17-5-4-8-28(36)38)30(40)27-19-22-6-2-3-7-23(22)20-37(27)29(39)18-21-9-11-24(12-10-21)31(32,33)34/h2-3,6-7,9-16,27H,4-5,8,17-20H2,1H3/t27-/m1/s1. The highest BCUT2D eigenvalue weighted by Gasteiger charge is 2.36. The maximum absolute atomic E-state index is 13.8. The molecule has 0 radical (unpaired) electrons. The lowest BCUT2D eigenvalue weighted by atomic mass is 9.92. The Balaban J connectivity index is 1.36. The van der Waals surface area contributed by atoms with Crippen molar-refractivity contribution >= 4 is 29.1 Å². The van der Waals surface area contributed by atoms with E-state index in [4.69, 9.17) is 0 Å². The molecule has 0 N–H and O–H groups in total. The topological polar surface area (TPSA) is 60.9 Å². The minimum Gasteiger partial charge on any atom is -0.326 e. The number of amides is 3. The third kappa shape index (κ3) is 5.73. The number of anilines is 2. The summed E-state index contributed by atoms with van der Waals surface area (Å²) in [5, 5.41) is 0. The number of hydrogen-bond donors (Lipinski definition) is 0. The predicted octanol–water partition coefficient (Wildman–Crippen LogP) is 5.38. The average molecular weight is 550 g/mol. The van der Waals surface area contributed by atoms with Crippen molar-refractivity contribution in [2.24, 2.45) is 0 Å². The van der Waals surface area contributed by atoms with Crippen molar-refractivity contribution in [2.45, 2.75) is 50.9 Å². The summed E-state index contributed by atoms with van der Waals surface area (Å²) in [6.07, 6.45) is -1.87. The van der Waals surface area contributed by atoms with Crippen molar-refractivity contribution in [1.29, 1.82) is 0 Å². The second-order valence-corrected chi connectivity index (χ2v) is 10.3. The zero-order valence-electron chi connectivity index (χ0n) is 22.2. The normalized spacial score (nSPS) is 17.4. The fourth-order valence-corrected chi connectivity index (χ4v) is 5.38. The van der Waals surface area contributed by atoms with E-state index in [1.807, 2.05) is 36.4 Å². The minimum absolute atomic E-state index is 0.0894. The highest BCUT2D eigenvalue weighted by atomic mass is 19.4. The Kier molecular flexibility index (Phi) is 7.65. The maximum atomic E-state index is 13.8. The van der Waals surface area contributed by atoms with Gasteiger partial charge in [-0.25, -0.2) is 0 Å². The van der Waals surface area contributed by atoms with Crippen molar-refractivity contribution in [3.05, 3.63) is 95.1 Å². The summed E-state index contributed by atoms with van der Waals surface area (Å²) in [5.41, 5.74) is 3.00. The highest BCUT2D eigenvalue weighted by molar-refractivity contribution is 6.00. The van der Waals surface area contributed by atoms with Crippen LogP contribution in [-0.4, -0.2) is 42.3 Å². The molecule has 9 heteroatoms. The van der Waals surface area contributed by atoms with Gasteiger partial charge in [-0.3, -0.25) is 14.4 Å². The van der Waals surface area contributed by atoms with Gasteiger partial charge in [0.05, 0.1) is 12.0 Å². The van der Waals surface area contributed by atoms with Crippen LogP contribution >= 0.6 is 0 Å². The van der Waals surface area contributed by atoms with Crippen molar-refractivity contribution < 1.29 is 27.6 Å². The van der Waals surface area contributed by atoms with Crippen molar-refractivity contribution in [3.8, 4) is 0 Å². The van der Waals surface area contributed by atoms with Crippen LogP contribution in [0.5, 0.6) is 0 Å². The van der Waals surface area contributed by atoms with Gasteiger partial charge >= 0.3 is 6.18 Å². The first-order valence-electron chi connectivity index (χ1n) is 13.3. The maximum Gasteiger partial charge on any atom is 0.416 e. The number of carbonyl (C=O) groups excluding carboxylic acids is 3. The molecule has 0 unspecified atom stereocenters. The van der Waals surface area contributed by atoms with Crippen LogP contribution in [0.2, 0.25) is 0 Å². The smallest absolute Gasteiger partial charge is 0.326 e. The van der Waals surface area contributed by atoms with Gasteiger partial charge in [-0.2, -0.15) is 13.2 Å².